The third kappa shape index (κ3) is 6.02. The molecular formula is C13H18F3NO2S. The normalized spacial score (nSPS) is 13.4. The van der Waals surface area contributed by atoms with Crippen LogP contribution in [0.1, 0.15) is 12.0 Å². The molecule has 1 unspecified atom stereocenters. The molecule has 0 aliphatic heterocycles. The summed E-state index contributed by atoms with van der Waals surface area (Å²) in [7, 11) is 0.195. The fourth-order valence-corrected chi connectivity index (χ4v) is 2.69. The molecule has 1 atom stereocenters. The summed E-state index contributed by atoms with van der Waals surface area (Å²) in [6.07, 6.45) is -3.77. The minimum absolute atomic E-state index is 0.219. The SMILES string of the molecule is COCCNCCCS(=O)c1cccc(C(F)(F)F)c1. The molecule has 1 N–H and O–H groups in total. The van der Waals surface area contributed by atoms with E-state index in [2.05, 4.69) is 5.32 Å². The van der Waals surface area contributed by atoms with E-state index in [-0.39, 0.29) is 4.90 Å². The Morgan fingerprint density at radius 1 is 1.30 bits per heavy atom. The Hall–Kier alpha value is -0.920. The number of benzene rings is 1. The standard InChI is InChI=1S/C13H18F3NO2S/c1-19-8-7-17-6-3-9-20(18)12-5-2-4-11(10-12)13(14,15)16/h2,4-5,10,17H,3,6-9H2,1H3. The van der Waals surface area contributed by atoms with E-state index in [1.807, 2.05) is 0 Å². The van der Waals surface area contributed by atoms with E-state index in [1.165, 1.54) is 12.1 Å². The lowest BCUT2D eigenvalue weighted by Gasteiger charge is -2.09. The van der Waals surface area contributed by atoms with E-state index in [0.717, 1.165) is 12.1 Å². The zero-order chi connectivity index (χ0) is 15.0. The number of hydrogen-bond acceptors (Lipinski definition) is 3. The Morgan fingerprint density at radius 2 is 2.05 bits per heavy atom. The van der Waals surface area contributed by atoms with Crippen LogP contribution >= 0.6 is 0 Å². The first kappa shape index (κ1) is 17.1. The summed E-state index contributed by atoms with van der Waals surface area (Å²) in [6, 6.07) is 4.68. The molecule has 0 fully saturated rings. The number of rotatable bonds is 8. The van der Waals surface area contributed by atoms with Crippen LogP contribution in [-0.2, 0) is 21.7 Å². The van der Waals surface area contributed by atoms with E-state index in [1.54, 1.807) is 7.11 Å². The zero-order valence-electron chi connectivity index (χ0n) is 11.2. The molecule has 0 spiro atoms. The molecule has 0 amide bonds. The van der Waals surface area contributed by atoms with Gasteiger partial charge in [0.15, 0.2) is 0 Å². The van der Waals surface area contributed by atoms with Gasteiger partial charge in [-0.3, -0.25) is 4.21 Å². The van der Waals surface area contributed by atoms with Gasteiger partial charge in [0.1, 0.15) is 0 Å². The van der Waals surface area contributed by atoms with Crippen LogP contribution in [0, 0.1) is 0 Å². The average Bonchev–Trinajstić information content (AvgIpc) is 2.41. The van der Waals surface area contributed by atoms with Crippen molar-refractivity contribution in [2.24, 2.45) is 0 Å². The Kier molecular flexibility index (Phi) is 7.18. The van der Waals surface area contributed by atoms with Crippen molar-refractivity contribution >= 4 is 10.8 Å². The second-order valence-corrected chi connectivity index (χ2v) is 5.74. The predicted molar refractivity (Wildman–Crippen MR) is 72.1 cm³/mol. The second kappa shape index (κ2) is 8.39. The second-order valence-electron chi connectivity index (χ2n) is 4.17. The highest BCUT2D eigenvalue weighted by Crippen LogP contribution is 2.30. The zero-order valence-corrected chi connectivity index (χ0v) is 12.0. The Labute approximate surface area is 119 Å². The summed E-state index contributed by atoms with van der Waals surface area (Å²) in [5, 5.41) is 3.09. The molecular weight excluding hydrogens is 291 g/mol. The Bertz CT molecular complexity index is 438. The number of methoxy groups -OCH3 is 1. The smallest absolute Gasteiger partial charge is 0.383 e. The monoisotopic (exact) mass is 309 g/mol. The number of nitrogens with one attached hydrogen (secondary N) is 1. The first-order valence-electron chi connectivity index (χ1n) is 6.20. The molecule has 0 aliphatic rings. The fourth-order valence-electron chi connectivity index (χ4n) is 1.56. The number of halogens is 3. The minimum atomic E-state index is -4.40. The van der Waals surface area contributed by atoms with Crippen molar-refractivity contribution in [3.05, 3.63) is 29.8 Å². The van der Waals surface area contributed by atoms with Crippen LogP contribution in [0.2, 0.25) is 0 Å². The highest BCUT2D eigenvalue weighted by atomic mass is 32.2. The first-order chi connectivity index (χ1) is 9.45. The Balaban J connectivity index is 2.44. The van der Waals surface area contributed by atoms with Gasteiger partial charge in [0.25, 0.3) is 0 Å². The topological polar surface area (TPSA) is 38.3 Å². The van der Waals surface area contributed by atoms with Gasteiger partial charge in [-0.15, -0.1) is 0 Å². The lowest BCUT2D eigenvalue weighted by molar-refractivity contribution is -0.137. The molecule has 0 radical (unpaired) electrons. The van der Waals surface area contributed by atoms with Gasteiger partial charge in [0.2, 0.25) is 0 Å². The molecule has 1 aromatic rings. The molecule has 0 aliphatic carbocycles. The molecule has 7 heteroatoms. The van der Waals surface area contributed by atoms with Crippen molar-refractivity contribution in [2.75, 3.05) is 32.6 Å². The van der Waals surface area contributed by atoms with E-state index < -0.39 is 22.5 Å². The van der Waals surface area contributed by atoms with Crippen molar-refractivity contribution in [3.63, 3.8) is 0 Å². The number of hydrogen-bond donors (Lipinski definition) is 1. The quantitative estimate of drug-likeness (QED) is 0.750. The van der Waals surface area contributed by atoms with Crippen molar-refractivity contribution in [3.8, 4) is 0 Å². The molecule has 0 heterocycles. The molecule has 0 aromatic heterocycles. The summed E-state index contributed by atoms with van der Waals surface area (Å²) in [5.74, 6) is 0.335. The highest BCUT2D eigenvalue weighted by molar-refractivity contribution is 7.85. The fraction of sp³-hybridized carbons (Fsp3) is 0.538. The lowest BCUT2D eigenvalue weighted by atomic mass is 10.2. The molecule has 3 nitrogen and oxygen atoms in total. The van der Waals surface area contributed by atoms with Crippen LogP contribution in [0.25, 0.3) is 0 Å². The molecule has 0 bridgehead atoms. The maximum atomic E-state index is 12.5. The summed E-state index contributed by atoms with van der Waals surface area (Å²) in [4.78, 5) is 0.219. The van der Waals surface area contributed by atoms with Crippen LogP contribution in [0.3, 0.4) is 0 Å². The number of ether oxygens (including phenoxy) is 1. The molecule has 0 saturated carbocycles. The maximum Gasteiger partial charge on any atom is 0.416 e. The van der Waals surface area contributed by atoms with Crippen LogP contribution in [0.5, 0.6) is 0 Å². The molecule has 0 saturated heterocycles. The highest BCUT2D eigenvalue weighted by Gasteiger charge is 2.30. The van der Waals surface area contributed by atoms with Crippen LogP contribution < -0.4 is 5.32 Å². The van der Waals surface area contributed by atoms with Crippen molar-refractivity contribution in [1.29, 1.82) is 0 Å². The average molecular weight is 309 g/mol. The third-order valence-corrected chi connectivity index (χ3v) is 4.03. The third-order valence-electron chi connectivity index (χ3n) is 2.59. The van der Waals surface area contributed by atoms with Crippen molar-refractivity contribution in [1.82, 2.24) is 5.32 Å². The summed E-state index contributed by atoms with van der Waals surface area (Å²) in [6.45, 7) is 1.96. The first-order valence-corrected chi connectivity index (χ1v) is 7.52. The van der Waals surface area contributed by atoms with Crippen LogP contribution in [0.4, 0.5) is 13.2 Å². The summed E-state index contributed by atoms with van der Waals surface area (Å²) < 4.78 is 54.4. The molecule has 1 rings (SSSR count). The van der Waals surface area contributed by atoms with Gasteiger partial charge >= 0.3 is 6.18 Å². The maximum absolute atomic E-state index is 12.5. The van der Waals surface area contributed by atoms with Gasteiger partial charge in [-0.05, 0) is 31.2 Å². The Morgan fingerprint density at radius 3 is 2.70 bits per heavy atom. The summed E-state index contributed by atoms with van der Waals surface area (Å²) in [5.41, 5.74) is -0.762. The largest absolute Gasteiger partial charge is 0.416 e. The summed E-state index contributed by atoms with van der Waals surface area (Å²) >= 11 is 0. The van der Waals surface area contributed by atoms with Crippen molar-refractivity contribution in [2.45, 2.75) is 17.5 Å². The van der Waals surface area contributed by atoms with Gasteiger partial charge in [-0.25, -0.2) is 0 Å². The van der Waals surface area contributed by atoms with Crippen LogP contribution in [0.15, 0.2) is 29.2 Å². The van der Waals surface area contributed by atoms with E-state index >= 15 is 0 Å². The van der Waals surface area contributed by atoms with E-state index in [4.69, 9.17) is 4.74 Å². The predicted octanol–water partition coefficient (Wildman–Crippen LogP) is 2.44. The molecule has 20 heavy (non-hydrogen) atoms. The van der Waals surface area contributed by atoms with Gasteiger partial charge in [-0.2, -0.15) is 13.2 Å². The van der Waals surface area contributed by atoms with E-state index in [9.17, 15) is 17.4 Å². The van der Waals surface area contributed by atoms with Gasteiger partial charge < -0.3 is 10.1 Å². The van der Waals surface area contributed by atoms with Gasteiger partial charge in [0, 0.05) is 24.3 Å². The minimum Gasteiger partial charge on any atom is -0.383 e. The van der Waals surface area contributed by atoms with Gasteiger partial charge in [0.05, 0.1) is 23.0 Å². The van der Waals surface area contributed by atoms with Crippen molar-refractivity contribution < 1.29 is 22.1 Å². The lowest BCUT2D eigenvalue weighted by Crippen LogP contribution is -2.21. The number of alkyl halides is 3. The van der Waals surface area contributed by atoms with Gasteiger partial charge in [-0.1, -0.05) is 6.07 Å². The van der Waals surface area contributed by atoms with E-state index in [0.29, 0.717) is 31.9 Å². The molecule has 114 valence electrons. The van der Waals surface area contributed by atoms with Crippen LogP contribution in [-0.4, -0.2) is 36.8 Å². The molecule has 1 aromatic carbocycles.